The van der Waals surface area contributed by atoms with Gasteiger partial charge in [-0.25, -0.2) is 4.79 Å². The van der Waals surface area contributed by atoms with Gasteiger partial charge in [-0.15, -0.1) is 0 Å². The predicted molar refractivity (Wildman–Crippen MR) is 87.0 cm³/mol. The number of carbonyl (C=O) groups is 1. The zero-order chi connectivity index (χ0) is 15.8. The summed E-state index contributed by atoms with van der Waals surface area (Å²) in [6, 6.07) is 6.05. The van der Waals surface area contributed by atoms with E-state index < -0.39 is 0 Å². The molecule has 124 valence electrons. The minimum Gasteiger partial charge on any atom is -0.493 e. The molecule has 1 aliphatic heterocycles. The Kier molecular flexibility index (Phi) is 3.79. The van der Waals surface area contributed by atoms with Crippen LogP contribution in [0.4, 0.5) is 4.79 Å². The van der Waals surface area contributed by atoms with Crippen molar-refractivity contribution >= 4 is 6.03 Å². The van der Waals surface area contributed by atoms with Gasteiger partial charge >= 0.3 is 6.03 Å². The van der Waals surface area contributed by atoms with Gasteiger partial charge in [0.15, 0.2) is 11.5 Å². The van der Waals surface area contributed by atoms with Crippen molar-refractivity contribution in [2.24, 2.45) is 11.8 Å². The van der Waals surface area contributed by atoms with Gasteiger partial charge in [0.25, 0.3) is 0 Å². The first kappa shape index (κ1) is 14.7. The molecule has 5 nitrogen and oxygen atoms in total. The maximum absolute atomic E-state index is 11.2. The summed E-state index contributed by atoms with van der Waals surface area (Å²) in [4.78, 5) is 11.2. The highest BCUT2D eigenvalue weighted by atomic mass is 16.5. The largest absolute Gasteiger partial charge is 0.493 e. The highest BCUT2D eigenvalue weighted by Crippen LogP contribution is 2.47. The Morgan fingerprint density at radius 2 is 1.91 bits per heavy atom. The second kappa shape index (κ2) is 5.95. The van der Waals surface area contributed by atoms with Crippen LogP contribution in [0.5, 0.6) is 11.5 Å². The molecule has 2 amide bonds. The van der Waals surface area contributed by atoms with Crippen LogP contribution in [0, 0.1) is 11.8 Å². The normalized spacial score (nSPS) is 30.0. The molecule has 1 unspecified atom stereocenters. The lowest BCUT2D eigenvalue weighted by Gasteiger charge is -2.27. The summed E-state index contributed by atoms with van der Waals surface area (Å²) in [7, 11) is 1.69. The molecule has 0 spiro atoms. The van der Waals surface area contributed by atoms with Gasteiger partial charge in [-0.05, 0) is 55.2 Å². The molecule has 2 saturated carbocycles. The smallest absolute Gasteiger partial charge is 0.314 e. The number of amides is 2. The highest BCUT2D eigenvalue weighted by Gasteiger charge is 2.41. The number of rotatable bonds is 4. The van der Waals surface area contributed by atoms with Crippen molar-refractivity contribution in [3.63, 3.8) is 0 Å². The van der Waals surface area contributed by atoms with E-state index in [4.69, 9.17) is 9.47 Å². The number of carbonyl (C=O) groups excluding carboxylic acids is 1. The molecule has 3 aliphatic rings. The molecule has 3 fully saturated rings. The summed E-state index contributed by atoms with van der Waals surface area (Å²) in [5, 5.41) is 5.70. The number of ether oxygens (including phenoxy) is 2. The van der Waals surface area contributed by atoms with Crippen molar-refractivity contribution in [2.75, 3.05) is 20.2 Å². The van der Waals surface area contributed by atoms with Crippen LogP contribution in [0.3, 0.4) is 0 Å². The van der Waals surface area contributed by atoms with Gasteiger partial charge < -0.3 is 20.1 Å². The second-order valence-electron chi connectivity index (χ2n) is 7.03. The van der Waals surface area contributed by atoms with E-state index in [2.05, 4.69) is 22.8 Å². The summed E-state index contributed by atoms with van der Waals surface area (Å²) in [5.41, 5.74) is 1.18. The Balaban J connectivity index is 1.52. The van der Waals surface area contributed by atoms with E-state index in [0.29, 0.717) is 25.1 Å². The van der Waals surface area contributed by atoms with Crippen LogP contribution < -0.4 is 20.1 Å². The number of hydrogen-bond acceptors (Lipinski definition) is 3. The highest BCUT2D eigenvalue weighted by molar-refractivity contribution is 5.75. The SMILES string of the molecule is COc1ccc(C2CNC(=O)NC2)cc1OC1C[C@H]2CC[C@@H]1C2. The van der Waals surface area contributed by atoms with Gasteiger partial charge in [-0.3, -0.25) is 0 Å². The van der Waals surface area contributed by atoms with E-state index in [-0.39, 0.29) is 11.9 Å². The first-order valence-corrected chi connectivity index (χ1v) is 8.59. The third-order valence-electron chi connectivity index (χ3n) is 5.63. The molecule has 5 heteroatoms. The number of hydrogen-bond donors (Lipinski definition) is 2. The maximum Gasteiger partial charge on any atom is 0.314 e. The molecule has 4 rings (SSSR count). The Bertz CT molecular complexity index is 594. The molecule has 23 heavy (non-hydrogen) atoms. The minimum atomic E-state index is -0.0896. The fourth-order valence-electron chi connectivity index (χ4n) is 4.34. The lowest BCUT2D eigenvalue weighted by Crippen LogP contribution is -2.47. The number of nitrogens with one attached hydrogen (secondary N) is 2. The first-order valence-electron chi connectivity index (χ1n) is 8.59. The Morgan fingerprint density at radius 1 is 1.09 bits per heavy atom. The van der Waals surface area contributed by atoms with Crippen LogP contribution in [0.2, 0.25) is 0 Å². The average molecular weight is 316 g/mol. The Hall–Kier alpha value is -1.91. The molecule has 0 radical (unpaired) electrons. The van der Waals surface area contributed by atoms with Crippen LogP contribution in [0.15, 0.2) is 18.2 Å². The maximum atomic E-state index is 11.2. The van der Waals surface area contributed by atoms with Gasteiger partial charge in [0.1, 0.15) is 6.10 Å². The van der Waals surface area contributed by atoms with Gasteiger partial charge in [0.05, 0.1) is 7.11 Å². The average Bonchev–Trinajstić information content (AvgIpc) is 3.18. The van der Waals surface area contributed by atoms with Crippen molar-refractivity contribution in [3.8, 4) is 11.5 Å². The molecule has 1 saturated heterocycles. The third kappa shape index (κ3) is 2.84. The van der Waals surface area contributed by atoms with E-state index in [1.165, 1.54) is 31.2 Å². The molecule has 3 atom stereocenters. The lowest BCUT2D eigenvalue weighted by molar-refractivity contribution is 0.133. The number of urea groups is 1. The van der Waals surface area contributed by atoms with Crippen LogP contribution in [0.25, 0.3) is 0 Å². The van der Waals surface area contributed by atoms with Crippen molar-refractivity contribution in [1.82, 2.24) is 10.6 Å². The van der Waals surface area contributed by atoms with Gasteiger partial charge in [-0.1, -0.05) is 6.07 Å². The summed E-state index contributed by atoms with van der Waals surface area (Å²) in [6.45, 7) is 1.32. The zero-order valence-electron chi connectivity index (χ0n) is 13.5. The van der Waals surface area contributed by atoms with Crippen molar-refractivity contribution in [3.05, 3.63) is 23.8 Å². The van der Waals surface area contributed by atoms with E-state index in [9.17, 15) is 4.79 Å². The standard InChI is InChI=1S/C18H24N2O3/c1-22-15-5-4-12(14-9-19-18(21)20-10-14)8-17(15)23-16-7-11-2-3-13(16)6-11/h4-5,8,11,13-14,16H,2-3,6-7,9-10H2,1H3,(H2,19,20,21)/t11-,13+,16?/m0/s1. The van der Waals surface area contributed by atoms with E-state index in [0.717, 1.165) is 17.4 Å². The van der Waals surface area contributed by atoms with Gasteiger partial charge in [0.2, 0.25) is 0 Å². The molecule has 1 heterocycles. The van der Waals surface area contributed by atoms with Crippen LogP contribution >= 0.6 is 0 Å². The van der Waals surface area contributed by atoms with Crippen molar-refractivity contribution in [2.45, 2.75) is 37.7 Å². The van der Waals surface area contributed by atoms with E-state index in [1.807, 2.05) is 6.07 Å². The minimum absolute atomic E-state index is 0.0896. The number of methoxy groups -OCH3 is 1. The van der Waals surface area contributed by atoms with Crippen molar-refractivity contribution in [1.29, 1.82) is 0 Å². The van der Waals surface area contributed by atoms with E-state index >= 15 is 0 Å². The van der Waals surface area contributed by atoms with Gasteiger partial charge in [0, 0.05) is 19.0 Å². The lowest BCUT2D eigenvalue weighted by atomic mass is 9.96. The van der Waals surface area contributed by atoms with E-state index in [1.54, 1.807) is 7.11 Å². The summed E-state index contributed by atoms with van der Waals surface area (Å²) < 4.78 is 11.8. The molecule has 2 bridgehead atoms. The summed E-state index contributed by atoms with van der Waals surface area (Å²) in [6.07, 6.45) is 5.51. The topological polar surface area (TPSA) is 59.6 Å². The van der Waals surface area contributed by atoms with Crippen LogP contribution in [-0.4, -0.2) is 32.3 Å². The molecule has 2 N–H and O–H groups in total. The summed E-state index contributed by atoms with van der Waals surface area (Å²) >= 11 is 0. The van der Waals surface area contributed by atoms with Gasteiger partial charge in [-0.2, -0.15) is 0 Å². The molecule has 0 aromatic heterocycles. The number of fused-ring (bicyclic) bond motifs is 2. The quantitative estimate of drug-likeness (QED) is 0.898. The first-order chi connectivity index (χ1) is 11.2. The molecule has 2 aliphatic carbocycles. The monoisotopic (exact) mass is 316 g/mol. The van der Waals surface area contributed by atoms with Crippen LogP contribution in [-0.2, 0) is 0 Å². The number of benzene rings is 1. The zero-order valence-corrected chi connectivity index (χ0v) is 13.5. The molecule has 1 aromatic carbocycles. The van der Waals surface area contributed by atoms with Crippen molar-refractivity contribution < 1.29 is 14.3 Å². The Morgan fingerprint density at radius 3 is 2.57 bits per heavy atom. The Labute approximate surface area is 136 Å². The fourth-order valence-corrected chi connectivity index (χ4v) is 4.34. The van der Waals surface area contributed by atoms with Crippen LogP contribution in [0.1, 0.15) is 37.2 Å². The molecular weight excluding hydrogens is 292 g/mol. The predicted octanol–water partition coefficient (Wildman–Crippen LogP) is 2.66. The molecule has 1 aromatic rings. The fraction of sp³-hybridized carbons (Fsp3) is 0.611. The third-order valence-corrected chi connectivity index (χ3v) is 5.63. The second-order valence-corrected chi connectivity index (χ2v) is 7.03. The summed E-state index contributed by atoms with van der Waals surface area (Å²) in [5.74, 6) is 3.48. The molecular formula is C18H24N2O3.